The van der Waals surface area contributed by atoms with Gasteiger partial charge in [-0.3, -0.25) is 0 Å². The van der Waals surface area contributed by atoms with Crippen molar-refractivity contribution in [1.82, 2.24) is 9.97 Å². The molecule has 0 atom stereocenters. The van der Waals surface area contributed by atoms with Gasteiger partial charge in [0.05, 0.1) is 11.4 Å². The molecule has 12 rings (SSSR count). The van der Waals surface area contributed by atoms with Crippen molar-refractivity contribution < 1.29 is 8.83 Å². The van der Waals surface area contributed by atoms with E-state index in [1.165, 1.54) is 5.56 Å². The number of hydrogen-bond donors (Lipinski definition) is 0. The fourth-order valence-electron chi connectivity index (χ4n) is 8.85. The molecular formula is C56H34N2O2. The van der Waals surface area contributed by atoms with E-state index in [4.69, 9.17) is 18.8 Å². The molecule has 0 aliphatic heterocycles. The summed E-state index contributed by atoms with van der Waals surface area (Å²) in [5.74, 6) is 0.613. The van der Waals surface area contributed by atoms with Crippen LogP contribution in [0.4, 0.5) is 0 Å². The van der Waals surface area contributed by atoms with Gasteiger partial charge >= 0.3 is 0 Å². The Bertz CT molecular complexity index is 3470. The van der Waals surface area contributed by atoms with Gasteiger partial charge in [0.25, 0.3) is 0 Å². The van der Waals surface area contributed by atoms with Gasteiger partial charge in [-0.2, -0.15) is 0 Å². The van der Waals surface area contributed by atoms with E-state index in [1.807, 2.05) is 24.3 Å². The maximum absolute atomic E-state index is 6.63. The van der Waals surface area contributed by atoms with Gasteiger partial charge in [-0.1, -0.05) is 164 Å². The van der Waals surface area contributed by atoms with Gasteiger partial charge < -0.3 is 8.83 Å². The summed E-state index contributed by atoms with van der Waals surface area (Å²) in [6, 6.07) is 72.1. The van der Waals surface area contributed by atoms with E-state index >= 15 is 0 Å². The zero-order valence-electron chi connectivity index (χ0n) is 32.3. The van der Waals surface area contributed by atoms with E-state index in [1.54, 1.807) is 0 Å². The first-order valence-electron chi connectivity index (χ1n) is 20.2. The van der Waals surface area contributed by atoms with Crippen LogP contribution in [0.25, 0.3) is 122 Å². The highest BCUT2D eigenvalue weighted by molar-refractivity contribution is 6.12. The molecule has 0 bridgehead atoms. The molecule has 0 aliphatic carbocycles. The van der Waals surface area contributed by atoms with E-state index < -0.39 is 0 Å². The van der Waals surface area contributed by atoms with Crippen LogP contribution in [0.5, 0.6) is 0 Å². The van der Waals surface area contributed by atoms with Gasteiger partial charge in [-0.15, -0.1) is 0 Å². The lowest BCUT2D eigenvalue weighted by molar-refractivity contribution is 0.669. The molecule has 280 valence electrons. The summed E-state index contributed by atoms with van der Waals surface area (Å²) in [4.78, 5) is 11.1. The maximum Gasteiger partial charge on any atom is 0.161 e. The van der Waals surface area contributed by atoms with E-state index in [0.717, 1.165) is 111 Å². The van der Waals surface area contributed by atoms with Crippen LogP contribution in [0.2, 0.25) is 0 Å². The average Bonchev–Trinajstić information content (AvgIpc) is 3.90. The molecule has 0 amide bonds. The summed E-state index contributed by atoms with van der Waals surface area (Å²) < 4.78 is 13.3. The molecule has 0 aliphatic rings. The predicted molar refractivity (Wildman–Crippen MR) is 247 cm³/mol. The Hall–Kier alpha value is -8.08. The molecule has 0 saturated heterocycles. The molecule has 0 N–H and O–H groups in total. The second-order valence-corrected chi connectivity index (χ2v) is 15.3. The van der Waals surface area contributed by atoms with Crippen LogP contribution >= 0.6 is 0 Å². The number of fused-ring (bicyclic) bond motifs is 7. The Balaban J connectivity index is 1.16. The lowest BCUT2D eigenvalue weighted by Crippen LogP contribution is -1.99. The molecule has 4 nitrogen and oxygen atoms in total. The summed E-state index contributed by atoms with van der Waals surface area (Å²) in [7, 11) is 0. The van der Waals surface area contributed by atoms with Crippen LogP contribution in [0, 0.1) is 0 Å². The molecule has 0 unspecified atom stereocenters. The number of hydrogen-bond acceptors (Lipinski definition) is 4. The standard InChI is InChI=1S/C56H34N2O2/c1-3-14-35(15-4-1)37-18-11-19-39(32-37)41-31-29-40-33-38(36-16-5-2-6-17-36)28-30-42(40)53(41)56-57-49(47-24-12-22-45-43-20-7-9-26-51(43)59-54(45)47)34-50(58-56)48-25-13-23-46-44-21-8-10-27-52(44)60-55(46)48/h1-34H. The molecule has 0 fully saturated rings. The lowest BCUT2D eigenvalue weighted by atomic mass is 9.90. The predicted octanol–water partition coefficient (Wildman–Crippen LogP) is 15.4. The van der Waals surface area contributed by atoms with Gasteiger partial charge in [0.2, 0.25) is 0 Å². The molecule has 12 aromatic rings. The van der Waals surface area contributed by atoms with Gasteiger partial charge in [0.1, 0.15) is 22.3 Å². The number of benzene rings is 9. The van der Waals surface area contributed by atoms with Crippen LogP contribution in [0.3, 0.4) is 0 Å². The molecule has 60 heavy (non-hydrogen) atoms. The summed E-state index contributed by atoms with van der Waals surface area (Å²) >= 11 is 0. The van der Waals surface area contributed by atoms with E-state index in [-0.39, 0.29) is 0 Å². The molecule has 3 heterocycles. The Labute approximate surface area is 345 Å². The lowest BCUT2D eigenvalue weighted by Gasteiger charge is -2.17. The number of rotatable bonds is 6. The quantitative estimate of drug-likeness (QED) is 0.169. The van der Waals surface area contributed by atoms with Crippen molar-refractivity contribution in [3.63, 3.8) is 0 Å². The number of nitrogens with zero attached hydrogens (tertiary/aromatic N) is 2. The number of aromatic nitrogens is 2. The minimum absolute atomic E-state index is 0.613. The van der Waals surface area contributed by atoms with Gasteiger partial charge in [0, 0.05) is 38.2 Å². The molecule has 4 heteroatoms. The van der Waals surface area contributed by atoms with E-state index in [0.29, 0.717) is 5.82 Å². The first-order chi connectivity index (χ1) is 29.7. The minimum atomic E-state index is 0.613. The fourth-order valence-corrected chi connectivity index (χ4v) is 8.85. The SMILES string of the molecule is c1ccc(-c2cccc(-c3ccc4cc(-c5ccccc5)ccc4c3-c3nc(-c4cccc5c4oc4ccccc45)cc(-c4cccc5c4oc4ccccc45)n3)c2)cc1. The van der Waals surface area contributed by atoms with Crippen LogP contribution < -0.4 is 0 Å². The maximum atomic E-state index is 6.63. The molecule has 3 aromatic heterocycles. The van der Waals surface area contributed by atoms with Crippen molar-refractivity contribution in [2.45, 2.75) is 0 Å². The van der Waals surface area contributed by atoms with Gasteiger partial charge in [0.15, 0.2) is 5.82 Å². The Morgan fingerprint density at radius 3 is 1.42 bits per heavy atom. The zero-order chi connectivity index (χ0) is 39.6. The molecule has 9 aromatic carbocycles. The highest BCUT2D eigenvalue weighted by Crippen LogP contribution is 2.43. The van der Waals surface area contributed by atoms with E-state index in [2.05, 4.69) is 182 Å². The van der Waals surface area contributed by atoms with Crippen LogP contribution in [0.1, 0.15) is 0 Å². The van der Waals surface area contributed by atoms with Crippen molar-refractivity contribution >= 4 is 54.6 Å². The monoisotopic (exact) mass is 766 g/mol. The van der Waals surface area contributed by atoms with E-state index in [9.17, 15) is 0 Å². The normalized spacial score (nSPS) is 11.7. The third-order valence-corrected chi connectivity index (χ3v) is 11.7. The Morgan fingerprint density at radius 1 is 0.300 bits per heavy atom. The van der Waals surface area contributed by atoms with Gasteiger partial charge in [-0.25, -0.2) is 9.97 Å². The van der Waals surface area contributed by atoms with Gasteiger partial charge in [-0.05, 0) is 86.6 Å². The molecule has 0 radical (unpaired) electrons. The van der Waals surface area contributed by atoms with Crippen molar-refractivity contribution in [2.24, 2.45) is 0 Å². The number of furan rings is 2. The summed E-state index contributed by atoms with van der Waals surface area (Å²) in [5.41, 5.74) is 14.2. The molecular weight excluding hydrogens is 733 g/mol. The van der Waals surface area contributed by atoms with Crippen molar-refractivity contribution in [3.8, 4) is 67.3 Å². The topological polar surface area (TPSA) is 52.1 Å². The third kappa shape index (κ3) is 5.61. The summed E-state index contributed by atoms with van der Waals surface area (Å²) in [6.45, 7) is 0. The Kier molecular flexibility index (Phi) is 7.82. The largest absolute Gasteiger partial charge is 0.455 e. The smallest absolute Gasteiger partial charge is 0.161 e. The van der Waals surface area contributed by atoms with Crippen molar-refractivity contribution in [1.29, 1.82) is 0 Å². The second-order valence-electron chi connectivity index (χ2n) is 15.3. The Morgan fingerprint density at radius 2 is 0.800 bits per heavy atom. The first-order valence-corrected chi connectivity index (χ1v) is 20.2. The average molecular weight is 767 g/mol. The first kappa shape index (κ1) is 34.0. The van der Waals surface area contributed by atoms with Crippen molar-refractivity contribution in [2.75, 3.05) is 0 Å². The molecule has 0 saturated carbocycles. The minimum Gasteiger partial charge on any atom is -0.455 e. The fraction of sp³-hybridized carbons (Fsp3) is 0. The van der Waals surface area contributed by atoms with Crippen LogP contribution in [-0.4, -0.2) is 9.97 Å². The molecule has 0 spiro atoms. The van der Waals surface area contributed by atoms with Crippen LogP contribution in [0.15, 0.2) is 215 Å². The summed E-state index contributed by atoms with van der Waals surface area (Å²) in [5, 5.41) is 6.38. The van der Waals surface area contributed by atoms with Crippen LogP contribution in [-0.2, 0) is 0 Å². The highest BCUT2D eigenvalue weighted by Gasteiger charge is 2.22. The van der Waals surface area contributed by atoms with Crippen molar-refractivity contribution in [3.05, 3.63) is 206 Å². The number of para-hydroxylation sites is 4. The third-order valence-electron chi connectivity index (χ3n) is 11.7. The summed E-state index contributed by atoms with van der Waals surface area (Å²) in [6.07, 6.45) is 0. The highest BCUT2D eigenvalue weighted by atomic mass is 16.3. The zero-order valence-corrected chi connectivity index (χ0v) is 32.3. The second kappa shape index (κ2) is 13.8.